The molecule has 1 heterocycles. The molecule has 0 unspecified atom stereocenters. The van der Waals surface area contributed by atoms with E-state index < -0.39 is 67.2 Å². The number of carboxylic acid groups (broad SMARTS) is 1. The van der Waals surface area contributed by atoms with Crippen LogP contribution in [0.3, 0.4) is 0 Å². The van der Waals surface area contributed by atoms with Crippen molar-refractivity contribution in [2.75, 3.05) is 25.5 Å². The Morgan fingerprint density at radius 1 is 1.09 bits per heavy atom. The van der Waals surface area contributed by atoms with Gasteiger partial charge in [0.15, 0.2) is 5.78 Å². The number of nitrogens with one attached hydrogen (secondary N) is 1. The van der Waals surface area contributed by atoms with Crippen molar-refractivity contribution in [2.24, 2.45) is 17.6 Å². The molecule has 7 atom stereocenters. The number of hydrogen-bond donors (Lipinski definition) is 7. The first-order chi connectivity index (χ1) is 20.2. The zero-order valence-electron chi connectivity index (χ0n) is 24.7. The Morgan fingerprint density at radius 2 is 1.77 bits per heavy atom. The van der Waals surface area contributed by atoms with Crippen LogP contribution in [-0.2, 0) is 30.5 Å². The van der Waals surface area contributed by atoms with Crippen LogP contribution in [0, 0.1) is 11.8 Å². The predicted molar refractivity (Wildman–Crippen MR) is 151 cm³/mol. The smallest absolute Gasteiger partial charge is 0.409 e. The molecule has 2 rings (SSSR count). The number of amides is 2. The van der Waals surface area contributed by atoms with Crippen LogP contribution in [0.5, 0.6) is 5.75 Å². The normalized spacial score (nSPS) is 23.3. The number of aliphatic carboxylic acids is 1. The number of ketones is 1. The fourth-order valence-electron chi connectivity index (χ4n) is 4.12. The number of nitrogens with two attached hydrogens (primary N) is 1. The van der Waals surface area contributed by atoms with Crippen molar-refractivity contribution in [3.63, 3.8) is 0 Å². The third-order valence-electron chi connectivity index (χ3n) is 7.00. The number of carbonyl (C=O) groups is 4. The second kappa shape index (κ2) is 16.5. The summed E-state index contributed by atoms with van der Waals surface area (Å²) in [6.07, 6.45) is -8.60. The lowest BCUT2D eigenvalue weighted by molar-refractivity contribution is -0.277. The van der Waals surface area contributed by atoms with Gasteiger partial charge in [-0.25, -0.2) is 4.79 Å². The molecule has 0 bridgehead atoms. The molecule has 8 N–H and O–H groups in total. The molecule has 1 aliphatic heterocycles. The van der Waals surface area contributed by atoms with E-state index in [1.165, 1.54) is 30.1 Å². The predicted octanol–water partition coefficient (Wildman–Crippen LogP) is -0.184. The number of ether oxygens (including phenoxy) is 3. The molecule has 1 saturated heterocycles. The van der Waals surface area contributed by atoms with Gasteiger partial charge in [-0.1, -0.05) is 26.8 Å². The van der Waals surface area contributed by atoms with Crippen molar-refractivity contribution in [3.8, 4) is 5.75 Å². The lowest BCUT2D eigenvalue weighted by atomic mass is 9.93. The number of hydrogen-bond acceptors (Lipinski definition) is 12. The van der Waals surface area contributed by atoms with E-state index in [1.807, 2.05) is 0 Å². The van der Waals surface area contributed by atoms with Crippen LogP contribution in [0.25, 0.3) is 0 Å². The Bertz CT molecular complexity index is 1110. The van der Waals surface area contributed by atoms with Gasteiger partial charge in [-0.2, -0.15) is 0 Å². The van der Waals surface area contributed by atoms with Gasteiger partial charge >= 0.3 is 12.1 Å². The Hall–Kier alpha value is -3.34. The van der Waals surface area contributed by atoms with Crippen LogP contribution in [0.2, 0.25) is 0 Å². The highest BCUT2D eigenvalue weighted by atomic mass is 16.7. The molecule has 0 spiro atoms. The van der Waals surface area contributed by atoms with Crippen LogP contribution < -0.4 is 15.8 Å². The number of rotatable bonds is 15. The second-order valence-corrected chi connectivity index (χ2v) is 10.9. The number of carbonyl (C=O) groups excluding carboxylic acids is 3. The summed E-state index contributed by atoms with van der Waals surface area (Å²) in [7, 11) is 1.45. The summed E-state index contributed by atoms with van der Waals surface area (Å²) in [5.74, 6) is -2.74. The van der Waals surface area contributed by atoms with E-state index >= 15 is 0 Å². The van der Waals surface area contributed by atoms with Gasteiger partial charge in [-0.05, 0) is 30.0 Å². The summed E-state index contributed by atoms with van der Waals surface area (Å²) < 4.78 is 16.5. The third-order valence-corrected chi connectivity index (χ3v) is 7.00. The Labute approximate surface area is 249 Å². The molecule has 43 heavy (non-hydrogen) atoms. The SMILES string of the molecule is CC(C)[C@H](N)C(=O)C[C@@H](C)C(=O)Nc1ccc(COC(=O)N(C)CCCC(=O)O)cc1O[C@@H]1O[C@H](CO)[C@H](O)[C@H](O)[C@H]1O. The monoisotopic (exact) mass is 613 g/mol. The summed E-state index contributed by atoms with van der Waals surface area (Å²) in [5, 5.41) is 51.7. The lowest BCUT2D eigenvalue weighted by Crippen LogP contribution is -2.60. The van der Waals surface area contributed by atoms with Gasteiger partial charge in [0.25, 0.3) is 0 Å². The summed E-state index contributed by atoms with van der Waals surface area (Å²) in [5.41, 5.74) is 6.39. The van der Waals surface area contributed by atoms with E-state index in [9.17, 15) is 39.6 Å². The average molecular weight is 614 g/mol. The molecule has 1 aromatic carbocycles. The number of benzene rings is 1. The summed E-state index contributed by atoms with van der Waals surface area (Å²) in [6.45, 7) is 4.37. The van der Waals surface area contributed by atoms with E-state index in [0.717, 1.165) is 0 Å². The standard InChI is InChI=1S/C28H43N3O12/c1-14(2)22(29)18(33)10-15(3)26(39)30-17-8-7-16(13-41-28(40)31(4)9-5-6-21(34)35)11-19(17)42-27-25(38)24(37)23(36)20(12-32)43-27/h7-8,11,14-15,20,22-25,27,32,36-38H,5-6,9-10,12-13,29H2,1-4H3,(H,30,39)(H,34,35)/t15-,20-,22+,23+,24+,25-,27-/m1/s1. The van der Waals surface area contributed by atoms with Crippen LogP contribution in [0.4, 0.5) is 10.5 Å². The van der Waals surface area contributed by atoms with Crippen LogP contribution in [-0.4, -0.2) is 111 Å². The number of anilines is 1. The van der Waals surface area contributed by atoms with Gasteiger partial charge in [0, 0.05) is 32.4 Å². The highest BCUT2D eigenvalue weighted by Crippen LogP contribution is 2.31. The highest BCUT2D eigenvalue weighted by Gasteiger charge is 2.45. The van der Waals surface area contributed by atoms with Crippen LogP contribution >= 0.6 is 0 Å². The average Bonchev–Trinajstić information content (AvgIpc) is 2.96. The summed E-state index contributed by atoms with van der Waals surface area (Å²) >= 11 is 0. The molecule has 1 aromatic rings. The third kappa shape index (κ3) is 10.4. The summed E-state index contributed by atoms with van der Waals surface area (Å²) in [4.78, 5) is 49.7. The quantitative estimate of drug-likeness (QED) is 0.136. The molecule has 1 fully saturated rings. The first-order valence-corrected chi connectivity index (χ1v) is 13.9. The molecule has 242 valence electrons. The zero-order valence-corrected chi connectivity index (χ0v) is 24.7. The van der Waals surface area contributed by atoms with Crippen molar-refractivity contribution in [3.05, 3.63) is 23.8 Å². The fourth-order valence-corrected chi connectivity index (χ4v) is 4.12. The molecule has 0 aromatic heterocycles. The van der Waals surface area contributed by atoms with Gasteiger partial charge in [0.05, 0.1) is 18.3 Å². The second-order valence-electron chi connectivity index (χ2n) is 10.9. The molecular weight excluding hydrogens is 570 g/mol. The number of aliphatic hydroxyl groups excluding tert-OH is 4. The number of carboxylic acids is 1. The van der Waals surface area contributed by atoms with Gasteiger partial charge < -0.3 is 55.7 Å². The van der Waals surface area contributed by atoms with Gasteiger partial charge in [-0.15, -0.1) is 0 Å². The topological polar surface area (TPSA) is 238 Å². The van der Waals surface area contributed by atoms with Crippen molar-refractivity contribution in [2.45, 2.75) is 83.4 Å². The first kappa shape index (κ1) is 35.9. The fraction of sp³-hybridized carbons (Fsp3) is 0.643. The van der Waals surface area contributed by atoms with E-state index in [0.29, 0.717) is 5.56 Å². The van der Waals surface area contributed by atoms with Gasteiger partial charge in [-0.3, -0.25) is 14.4 Å². The van der Waals surface area contributed by atoms with E-state index in [2.05, 4.69) is 5.32 Å². The molecule has 15 nitrogen and oxygen atoms in total. The minimum atomic E-state index is -1.74. The highest BCUT2D eigenvalue weighted by molar-refractivity contribution is 5.97. The molecule has 1 aliphatic rings. The first-order valence-electron chi connectivity index (χ1n) is 13.9. The number of aliphatic hydroxyl groups is 4. The van der Waals surface area contributed by atoms with Crippen molar-refractivity contribution in [1.29, 1.82) is 0 Å². The van der Waals surface area contributed by atoms with Crippen LogP contribution in [0.15, 0.2) is 18.2 Å². The van der Waals surface area contributed by atoms with E-state index in [-0.39, 0.29) is 55.6 Å². The molecular formula is C28H43N3O12. The molecule has 0 radical (unpaired) electrons. The summed E-state index contributed by atoms with van der Waals surface area (Å²) in [6, 6.07) is 3.63. The number of Topliss-reactive ketones (excluding diaryl/α,β-unsaturated/α-hetero) is 1. The van der Waals surface area contributed by atoms with E-state index in [4.69, 9.17) is 25.1 Å². The Balaban J connectivity index is 2.24. The Morgan fingerprint density at radius 3 is 2.37 bits per heavy atom. The number of nitrogens with zero attached hydrogens (tertiary/aromatic N) is 1. The van der Waals surface area contributed by atoms with Crippen LogP contribution in [0.1, 0.15) is 45.6 Å². The van der Waals surface area contributed by atoms with E-state index in [1.54, 1.807) is 20.8 Å². The minimum Gasteiger partial charge on any atom is -0.481 e. The largest absolute Gasteiger partial charge is 0.481 e. The van der Waals surface area contributed by atoms with Crippen molar-refractivity contribution in [1.82, 2.24) is 4.90 Å². The maximum Gasteiger partial charge on any atom is 0.409 e. The van der Waals surface area contributed by atoms with Gasteiger partial charge in [0.1, 0.15) is 36.8 Å². The Kier molecular flexibility index (Phi) is 13.8. The lowest BCUT2D eigenvalue weighted by Gasteiger charge is -2.39. The molecule has 2 amide bonds. The zero-order chi connectivity index (χ0) is 32.4. The van der Waals surface area contributed by atoms with Crippen molar-refractivity contribution >= 4 is 29.4 Å². The molecule has 0 saturated carbocycles. The molecule has 0 aliphatic carbocycles. The molecule has 15 heteroatoms. The minimum absolute atomic E-state index is 0.0709. The maximum absolute atomic E-state index is 13.0. The van der Waals surface area contributed by atoms with Gasteiger partial charge in [0.2, 0.25) is 12.2 Å². The van der Waals surface area contributed by atoms with Crippen molar-refractivity contribution < 1.29 is 58.9 Å². The maximum atomic E-state index is 13.0.